The van der Waals surface area contributed by atoms with Crippen molar-refractivity contribution in [2.75, 3.05) is 12.0 Å². The van der Waals surface area contributed by atoms with Crippen molar-refractivity contribution in [3.05, 3.63) is 130 Å². The number of nitrogens with zero attached hydrogens (tertiary/aromatic N) is 1. The monoisotopic (exact) mass is 524 g/mol. The van der Waals surface area contributed by atoms with E-state index in [4.69, 9.17) is 4.74 Å². The number of benzene rings is 4. The van der Waals surface area contributed by atoms with Gasteiger partial charge in [0.15, 0.2) is 0 Å². The third-order valence-electron chi connectivity index (χ3n) is 6.15. The maximum absolute atomic E-state index is 13.7. The molecule has 7 heteroatoms. The minimum atomic E-state index is -0.338. The number of anilines is 1. The van der Waals surface area contributed by atoms with Gasteiger partial charge in [-0.15, -0.1) is 0 Å². The number of thioether (sulfide) groups is 1. The van der Waals surface area contributed by atoms with E-state index in [1.807, 2.05) is 66.7 Å². The van der Waals surface area contributed by atoms with Crippen LogP contribution >= 0.6 is 11.8 Å². The van der Waals surface area contributed by atoms with Crippen molar-refractivity contribution >= 4 is 35.3 Å². The molecule has 0 radical (unpaired) electrons. The van der Waals surface area contributed by atoms with E-state index in [9.17, 15) is 14.0 Å². The van der Waals surface area contributed by atoms with E-state index in [0.29, 0.717) is 22.7 Å². The van der Waals surface area contributed by atoms with E-state index in [0.717, 1.165) is 27.3 Å². The SMILES string of the molecule is COc1ccc(CNC(=O)c2ccc3c(c2)N(Cc2ccc(F)cc2)C(=O)/C(=C/c2ccccc2)S3)cc1. The second-order valence-electron chi connectivity index (χ2n) is 8.75. The summed E-state index contributed by atoms with van der Waals surface area (Å²) in [5.74, 6) is -0.00564. The van der Waals surface area contributed by atoms with Crippen LogP contribution in [0.25, 0.3) is 6.08 Å². The van der Waals surface area contributed by atoms with Crippen LogP contribution in [0.5, 0.6) is 5.75 Å². The van der Waals surface area contributed by atoms with Gasteiger partial charge in [-0.2, -0.15) is 0 Å². The summed E-state index contributed by atoms with van der Waals surface area (Å²) in [5, 5.41) is 2.94. The smallest absolute Gasteiger partial charge is 0.265 e. The zero-order chi connectivity index (χ0) is 26.5. The predicted molar refractivity (Wildman–Crippen MR) is 148 cm³/mol. The van der Waals surface area contributed by atoms with Gasteiger partial charge in [0.2, 0.25) is 0 Å². The number of halogens is 1. The van der Waals surface area contributed by atoms with E-state index in [1.165, 1.54) is 23.9 Å². The van der Waals surface area contributed by atoms with Gasteiger partial charge in [0.05, 0.1) is 24.2 Å². The molecule has 38 heavy (non-hydrogen) atoms. The summed E-state index contributed by atoms with van der Waals surface area (Å²) in [7, 11) is 1.61. The van der Waals surface area contributed by atoms with Crippen molar-refractivity contribution in [2.45, 2.75) is 18.0 Å². The van der Waals surface area contributed by atoms with Crippen LogP contribution in [0.4, 0.5) is 10.1 Å². The number of rotatable bonds is 7. The van der Waals surface area contributed by atoms with Gasteiger partial charge >= 0.3 is 0 Å². The van der Waals surface area contributed by atoms with E-state index in [2.05, 4.69) is 5.32 Å². The second-order valence-corrected chi connectivity index (χ2v) is 9.84. The zero-order valence-electron chi connectivity index (χ0n) is 20.7. The van der Waals surface area contributed by atoms with Gasteiger partial charge in [-0.05, 0) is 65.2 Å². The average molecular weight is 525 g/mol. The molecule has 4 aromatic carbocycles. The molecular weight excluding hydrogens is 499 g/mol. The molecule has 0 aliphatic carbocycles. The van der Waals surface area contributed by atoms with E-state index in [-0.39, 0.29) is 24.2 Å². The molecule has 0 aromatic heterocycles. The van der Waals surface area contributed by atoms with E-state index >= 15 is 0 Å². The average Bonchev–Trinajstić information content (AvgIpc) is 2.95. The molecule has 1 aliphatic heterocycles. The Morgan fingerprint density at radius 3 is 2.37 bits per heavy atom. The summed E-state index contributed by atoms with van der Waals surface area (Å²) < 4.78 is 18.7. The quantitative estimate of drug-likeness (QED) is 0.283. The first-order valence-electron chi connectivity index (χ1n) is 12.1. The normalized spacial score (nSPS) is 13.8. The minimum Gasteiger partial charge on any atom is -0.497 e. The topological polar surface area (TPSA) is 58.6 Å². The molecule has 1 N–H and O–H groups in total. The molecule has 0 saturated heterocycles. The van der Waals surface area contributed by atoms with Crippen molar-refractivity contribution in [3.8, 4) is 5.75 Å². The highest BCUT2D eigenvalue weighted by Gasteiger charge is 2.30. The van der Waals surface area contributed by atoms with Gasteiger partial charge in [-0.1, -0.05) is 66.4 Å². The first-order valence-corrected chi connectivity index (χ1v) is 12.9. The standard InChI is InChI=1S/C31H25FN2O3S/c1-37-26-14-9-22(10-15-26)19-33-30(35)24-11-16-28-27(18-24)34(20-23-7-12-25(32)13-8-23)31(36)29(38-28)17-21-5-3-2-4-6-21/h2-18H,19-20H2,1H3,(H,33,35)/b29-17-. The van der Waals surface area contributed by atoms with Crippen LogP contribution in [0, 0.1) is 5.82 Å². The molecule has 5 nitrogen and oxygen atoms in total. The van der Waals surface area contributed by atoms with Gasteiger partial charge in [-0.3, -0.25) is 9.59 Å². The van der Waals surface area contributed by atoms with Crippen LogP contribution in [0.2, 0.25) is 0 Å². The van der Waals surface area contributed by atoms with Crippen molar-refractivity contribution in [1.82, 2.24) is 5.32 Å². The Labute approximate surface area is 224 Å². The summed E-state index contributed by atoms with van der Waals surface area (Å²) in [4.78, 5) is 29.8. The lowest BCUT2D eigenvalue weighted by Crippen LogP contribution is -2.34. The van der Waals surface area contributed by atoms with Crippen LogP contribution in [-0.2, 0) is 17.9 Å². The molecule has 0 atom stereocenters. The van der Waals surface area contributed by atoms with Crippen molar-refractivity contribution < 1.29 is 18.7 Å². The predicted octanol–water partition coefficient (Wildman–Crippen LogP) is 6.44. The summed E-state index contributed by atoms with van der Waals surface area (Å²) in [6, 6.07) is 28.6. The fourth-order valence-corrected chi connectivity index (χ4v) is 5.15. The Bertz CT molecular complexity index is 1490. The van der Waals surface area contributed by atoms with Crippen molar-refractivity contribution in [2.24, 2.45) is 0 Å². The summed E-state index contributed by atoms with van der Waals surface area (Å²) in [6.45, 7) is 0.604. The fourth-order valence-electron chi connectivity index (χ4n) is 4.11. The van der Waals surface area contributed by atoms with Crippen LogP contribution in [-0.4, -0.2) is 18.9 Å². The number of fused-ring (bicyclic) bond motifs is 1. The molecule has 0 saturated carbocycles. The molecular formula is C31H25FN2O3S. The number of methoxy groups -OCH3 is 1. The van der Waals surface area contributed by atoms with Crippen LogP contribution in [0.1, 0.15) is 27.0 Å². The Morgan fingerprint density at radius 1 is 0.947 bits per heavy atom. The number of ether oxygens (including phenoxy) is 1. The van der Waals surface area contributed by atoms with Crippen molar-refractivity contribution in [1.29, 1.82) is 0 Å². The molecule has 0 bridgehead atoms. The van der Waals surface area contributed by atoms with Gasteiger partial charge in [0, 0.05) is 17.0 Å². The number of amides is 2. The Kier molecular flexibility index (Phi) is 7.56. The van der Waals surface area contributed by atoms with E-state index < -0.39 is 0 Å². The highest BCUT2D eigenvalue weighted by molar-refractivity contribution is 8.04. The molecule has 0 spiro atoms. The lowest BCUT2D eigenvalue weighted by atomic mass is 10.1. The van der Waals surface area contributed by atoms with Gasteiger partial charge in [0.25, 0.3) is 11.8 Å². The van der Waals surface area contributed by atoms with Crippen LogP contribution in [0.3, 0.4) is 0 Å². The highest BCUT2D eigenvalue weighted by atomic mass is 32.2. The molecule has 0 fully saturated rings. The molecule has 1 heterocycles. The molecule has 4 aromatic rings. The molecule has 2 amide bonds. The lowest BCUT2D eigenvalue weighted by Gasteiger charge is -2.31. The Hall–Kier alpha value is -4.36. The zero-order valence-corrected chi connectivity index (χ0v) is 21.5. The van der Waals surface area contributed by atoms with Gasteiger partial charge < -0.3 is 15.0 Å². The summed E-state index contributed by atoms with van der Waals surface area (Å²) in [5.41, 5.74) is 3.74. The molecule has 5 rings (SSSR count). The number of hydrogen-bond donors (Lipinski definition) is 1. The van der Waals surface area contributed by atoms with Crippen molar-refractivity contribution in [3.63, 3.8) is 0 Å². The highest BCUT2D eigenvalue weighted by Crippen LogP contribution is 2.43. The number of carbonyl (C=O) groups is 2. The second kappa shape index (κ2) is 11.4. The molecule has 0 unspecified atom stereocenters. The number of carbonyl (C=O) groups excluding carboxylic acids is 2. The van der Waals surface area contributed by atoms with Crippen LogP contribution in [0.15, 0.2) is 107 Å². The third kappa shape index (κ3) is 5.79. The number of nitrogens with one attached hydrogen (secondary N) is 1. The van der Waals surface area contributed by atoms with Gasteiger partial charge in [-0.25, -0.2) is 4.39 Å². The minimum absolute atomic E-state index is 0.175. The first-order chi connectivity index (χ1) is 18.5. The maximum Gasteiger partial charge on any atom is 0.265 e. The number of hydrogen-bond acceptors (Lipinski definition) is 4. The third-order valence-corrected chi connectivity index (χ3v) is 7.23. The Morgan fingerprint density at radius 2 is 1.66 bits per heavy atom. The fraction of sp³-hybridized carbons (Fsp3) is 0.0968. The largest absolute Gasteiger partial charge is 0.497 e. The Balaban J connectivity index is 1.43. The van der Waals surface area contributed by atoms with E-state index in [1.54, 1.807) is 36.3 Å². The first kappa shape index (κ1) is 25.3. The molecule has 190 valence electrons. The molecule has 1 aliphatic rings. The summed E-state index contributed by atoms with van der Waals surface area (Å²) in [6.07, 6.45) is 1.86. The summed E-state index contributed by atoms with van der Waals surface area (Å²) >= 11 is 1.38. The van der Waals surface area contributed by atoms with Crippen LogP contribution < -0.4 is 15.0 Å². The maximum atomic E-state index is 13.7. The lowest BCUT2D eigenvalue weighted by molar-refractivity contribution is -0.114. The van der Waals surface area contributed by atoms with Gasteiger partial charge in [0.1, 0.15) is 11.6 Å².